The Labute approximate surface area is 82.5 Å². The average Bonchev–Trinajstić information content (AvgIpc) is 2.16. The standard InChI is InChI=1S/C10H11ClO2/c1-13-10(6-7-12)8-2-4-9(11)5-3-8/h2-5,7,10H,6H2,1H3. The zero-order chi connectivity index (χ0) is 9.68. The summed E-state index contributed by atoms with van der Waals surface area (Å²) in [5.41, 5.74) is 0.971. The highest BCUT2D eigenvalue weighted by Crippen LogP contribution is 2.20. The van der Waals surface area contributed by atoms with E-state index in [0.717, 1.165) is 11.8 Å². The largest absolute Gasteiger partial charge is 0.376 e. The lowest BCUT2D eigenvalue weighted by molar-refractivity contribution is -0.110. The molecule has 0 fully saturated rings. The van der Waals surface area contributed by atoms with Gasteiger partial charge in [0.25, 0.3) is 0 Å². The number of aldehydes is 1. The molecule has 0 N–H and O–H groups in total. The van der Waals surface area contributed by atoms with Gasteiger partial charge in [-0.2, -0.15) is 0 Å². The first-order chi connectivity index (χ1) is 6.27. The van der Waals surface area contributed by atoms with Gasteiger partial charge in [0.05, 0.1) is 6.10 Å². The normalized spacial score (nSPS) is 12.5. The third kappa shape index (κ3) is 2.83. The number of hydrogen-bond donors (Lipinski definition) is 0. The highest BCUT2D eigenvalue weighted by molar-refractivity contribution is 6.30. The van der Waals surface area contributed by atoms with E-state index in [1.165, 1.54) is 0 Å². The van der Waals surface area contributed by atoms with Crippen molar-refractivity contribution >= 4 is 17.9 Å². The first-order valence-corrected chi connectivity index (χ1v) is 4.37. The van der Waals surface area contributed by atoms with Gasteiger partial charge in [-0.15, -0.1) is 0 Å². The first-order valence-electron chi connectivity index (χ1n) is 4.00. The minimum atomic E-state index is -0.158. The lowest BCUT2D eigenvalue weighted by atomic mass is 10.1. The number of ether oxygens (including phenoxy) is 1. The Morgan fingerprint density at radius 1 is 1.46 bits per heavy atom. The van der Waals surface area contributed by atoms with E-state index >= 15 is 0 Å². The van der Waals surface area contributed by atoms with Gasteiger partial charge in [0, 0.05) is 18.6 Å². The molecule has 0 aromatic heterocycles. The van der Waals surface area contributed by atoms with Crippen LogP contribution in [0.1, 0.15) is 18.1 Å². The van der Waals surface area contributed by atoms with Crippen molar-refractivity contribution in [1.29, 1.82) is 0 Å². The van der Waals surface area contributed by atoms with Crippen LogP contribution in [0.15, 0.2) is 24.3 Å². The van der Waals surface area contributed by atoms with E-state index in [1.54, 1.807) is 19.2 Å². The van der Waals surface area contributed by atoms with E-state index in [4.69, 9.17) is 16.3 Å². The van der Waals surface area contributed by atoms with Crippen LogP contribution in [-0.2, 0) is 9.53 Å². The van der Waals surface area contributed by atoms with Crippen LogP contribution in [0.2, 0.25) is 5.02 Å². The summed E-state index contributed by atoms with van der Waals surface area (Å²) in [4.78, 5) is 10.3. The van der Waals surface area contributed by atoms with Crippen molar-refractivity contribution in [3.8, 4) is 0 Å². The molecule has 0 amide bonds. The maximum absolute atomic E-state index is 10.3. The average molecular weight is 199 g/mol. The summed E-state index contributed by atoms with van der Waals surface area (Å²) < 4.78 is 5.14. The van der Waals surface area contributed by atoms with Crippen LogP contribution in [0, 0.1) is 0 Å². The minimum Gasteiger partial charge on any atom is -0.376 e. The molecule has 0 radical (unpaired) electrons. The van der Waals surface area contributed by atoms with Crippen molar-refractivity contribution in [2.75, 3.05) is 7.11 Å². The highest BCUT2D eigenvalue weighted by atomic mass is 35.5. The molecule has 0 saturated carbocycles. The molecule has 1 aromatic carbocycles. The molecule has 1 unspecified atom stereocenters. The molecule has 1 rings (SSSR count). The van der Waals surface area contributed by atoms with Crippen LogP contribution in [-0.4, -0.2) is 13.4 Å². The Hall–Kier alpha value is -0.860. The molecule has 0 spiro atoms. The predicted molar refractivity (Wildman–Crippen MR) is 51.9 cm³/mol. The molecule has 0 heterocycles. The smallest absolute Gasteiger partial charge is 0.122 e. The van der Waals surface area contributed by atoms with E-state index in [9.17, 15) is 4.79 Å². The zero-order valence-electron chi connectivity index (χ0n) is 7.37. The molecule has 70 valence electrons. The van der Waals surface area contributed by atoms with Crippen molar-refractivity contribution < 1.29 is 9.53 Å². The summed E-state index contributed by atoms with van der Waals surface area (Å²) in [5, 5.41) is 0.685. The van der Waals surface area contributed by atoms with Gasteiger partial charge in [-0.25, -0.2) is 0 Å². The highest BCUT2D eigenvalue weighted by Gasteiger charge is 2.08. The summed E-state index contributed by atoms with van der Waals surface area (Å²) >= 11 is 5.73. The number of halogens is 1. The maximum Gasteiger partial charge on any atom is 0.122 e. The predicted octanol–water partition coefficient (Wildman–Crippen LogP) is 2.62. The lowest BCUT2D eigenvalue weighted by Gasteiger charge is -2.12. The van der Waals surface area contributed by atoms with Crippen LogP contribution in [0.5, 0.6) is 0 Å². The van der Waals surface area contributed by atoms with Gasteiger partial charge in [-0.1, -0.05) is 23.7 Å². The fourth-order valence-corrected chi connectivity index (χ4v) is 1.26. The van der Waals surface area contributed by atoms with E-state index in [2.05, 4.69) is 0 Å². The molecule has 0 saturated heterocycles. The van der Waals surface area contributed by atoms with E-state index in [0.29, 0.717) is 11.4 Å². The Morgan fingerprint density at radius 2 is 2.08 bits per heavy atom. The summed E-state index contributed by atoms with van der Waals surface area (Å²) in [7, 11) is 1.59. The number of carbonyl (C=O) groups is 1. The van der Waals surface area contributed by atoms with Crippen molar-refractivity contribution in [1.82, 2.24) is 0 Å². The second kappa shape index (κ2) is 5.00. The van der Waals surface area contributed by atoms with E-state index in [1.807, 2.05) is 12.1 Å². The fraction of sp³-hybridized carbons (Fsp3) is 0.300. The number of methoxy groups -OCH3 is 1. The molecule has 1 aromatic rings. The van der Waals surface area contributed by atoms with Crippen molar-refractivity contribution in [2.45, 2.75) is 12.5 Å². The molecular formula is C10H11ClO2. The van der Waals surface area contributed by atoms with Crippen LogP contribution in [0.3, 0.4) is 0 Å². The Kier molecular flexibility index (Phi) is 3.93. The molecule has 2 nitrogen and oxygen atoms in total. The van der Waals surface area contributed by atoms with Gasteiger partial charge in [0.1, 0.15) is 6.29 Å². The number of rotatable bonds is 4. The summed E-state index contributed by atoms with van der Waals surface area (Å²) in [5.74, 6) is 0. The SMILES string of the molecule is COC(CC=O)c1ccc(Cl)cc1. The van der Waals surface area contributed by atoms with E-state index < -0.39 is 0 Å². The van der Waals surface area contributed by atoms with Crippen molar-refractivity contribution in [3.05, 3.63) is 34.9 Å². The summed E-state index contributed by atoms with van der Waals surface area (Å²) in [6.45, 7) is 0. The molecule has 13 heavy (non-hydrogen) atoms. The quantitative estimate of drug-likeness (QED) is 0.696. The monoisotopic (exact) mass is 198 g/mol. The molecule has 0 aliphatic carbocycles. The van der Waals surface area contributed by atoms with Crippen LogP contribution < -0.4 is 0 Å². The Morgan fingerprint density at radius 3 is 2.54 bits per heavy atom. The summed E-state index contributed by atoms with van der Waals surface area (Å²) in [6.07, 6.45) is 1.07. The number of carbonyl (C=O) groups excluding carboxylic acids is 1. The van der Waals surface area contributed by atoms with Crippen molar-refractivity contribution in [2.24, 2.45) is 0 Å². The molecule has 0 aliphatic rings. The Bertz CT molecular complexity index is 269. The zero-order valence-corrected chi connectivity index (χ0v) is 8.12. The molecule has 1 atom stereocenters. The molecule has 0 bridgehead atoms. The van der Waals surface area contributed by atoms with Gasteiger partial charge in [-0.3, -0.25) is 0 Å². The number of benzene rings is 1. The second-order valence-electron chi connectivity index (χ2n) is 2.68. The van der Waals surface area contributed by atoms with Crippen LogP contribution in [0.4, 0.5) is 0 Å². The van der Waals surface area contributed by atoms with Crippen LogP contribution in [0.25, 0.3) is 0 Å². The summed E-state index contributed by atoms with van der Waals surface area (Å²) in [6, 6.07) is 7.29. The lowest BCUT2D eigenvalue weighted by Crippen LogP contribution is -2.01. The number of hydrogen-bond acceptors (Lipinski definition) is 2. The van der Waals surface area contributed by atoms with E-state index in [-0.39, 0.29) is 6.10 Å². The van der Waals surface area contributed by atoms with Gasteiger partial charge in [0.2, 0.25) is 0 Å². The second-order valence-corrected chi connectivity index (χ2v) is 3.11. The van der Waals surface area contributed by atoms with Gasteiger partial charge in [0.15, 0.2) is 0 Å². The third-order valence-electron chi connectivity index (χ3n) is 1.84. The van der Waals surface area contributed by atoms with Crippen LogP contribution >= 0.6 is 11.6 Å². The fourth-order valence-electron chi connectivity index (χ4n) is 1.13. The minimum absolute atomic E-state index is 0.158. The third-order valence-corrected chi connectivity index (χ3v) is 2.09. The molecule has 3 heteroatoms. The van der Waals surface area contributed by atoms with Gasteiger partial charge in [-0.05, 0) is 17.7 Å². The molecule has 0 aliphatic heterocycles. The topological polar surface area (TPSA) is 26.3 Å². The Balaban J connectivity index is 2.78. The van der Waals surface area contributed by atoms with Gasteiger partial charge < -0.3 is 9.53 Å². The van der Waals surface area contributed by atoms with Gasteiger partial charge >= 0.3 is 0 Å². The first kappa shape index (κ1) is 10.2. The maximum atomic E-state index is 10.3. The molecular weight excluding hydrogens is 188 g/mol. The van der Waals surface area contributed by atoms with Crippen molar-refractivity contribution in [3.63, 3.8) is 0 Å².